The fourth-order valence-electron chi connectivity index (χ4n) is 5.48. The van der Waals surface area contributed by atoms with Gasteiger partial charge in [0, 0.05) is 31.0 Å². The summed E-state index contributed by atoms with van der Waals surface area (Å²) in [6, 6.07) is 15.5. The smallest absolute Gasteiger partial charge is 0.407 e. The standard InChI is InChI=1S/C31H36N2O5/c1-19(29-27(35)16-31(3,4)17-28(29)36)32-15-9-14-26(20(2)34)33-30(37)38-18-25-23-12-7-5-10-21(23)22-11-6-8-13-24(22)25/h5-8,10-13,25-26,35H,9,14-18H2,1-4H3,(H,33,37). The number of ketones is 2. The van der Waals surface area contributed by atoms with E-state index < -0.39 is 12.1 Å². The Morgan fingerprint density at radius 2 is 1.66 bits per heavy atom. The van der Waals surface area contributed by atoms with E-state index in [4.69, 9.17) is 4.74 Å². The molecule has 4 rings (SSSR count). The highest BCUT2D eigenvalue weighted by Crippen LogP contribution is 2.44. The molecule has 1 unspecified atom stereocenters. The number of allylic oxidation sites excluding steroid dienone is 2. The van der Waals surface area contributed by atoms with E-state index in [1.807, 2.05) is 38.1 Å². The van der Waals surface area contributed by atoms with Crippen molar-refractivity contribution in [3.05, 3.63) is 71.0 Å². The lowest BCUT2D eigenvalue weighted by molar-refractivity contribution is -0.119. The van der Waals surface area contributed by atoms with Gasteiger partial charge in [0.05, 0.1) is 11.6 Å². The normalized spacial score (nSPS) is 17.6. The minimum absolute atomic E-state index is 0.0555. The number of aliphatic imine (C=N–C) groups is 1. The van der Waals surface area contributed by atoms with Crippen LogP contribution in [0, 0.1) is 5.41 Å². The van der Waals surface area contributed by atoms with E-state index in [0.29, 0.717) is 43.5 Å². The lowest BCUT2D eigenvalue weighted by Crippen LogP contribution is -2.40. The fraction of sp³-hybridized carbons (Fsp3) is 0.419. The summed E-state index contributed by atoms with van der Waals surface area (Å²) < 4.78 is 5.58. The highest BCUT2D eigenvalue weighted by molar-refractivity contribution is 6.22. The Bertz CT molecular complexity index is 1260. The van der Waals surface area contributed by atoms with Crippen molar-refractivity contribution in [2.45, 2.75) is 65.3 Å². The number of carbonyl (C=O) groups excluding carboxylic acids is 3. The molecule has 0 saturated carbocycles. The molecule has 2 aliphatic carbocycles. The van der Waals surface area contributed by atoms with Gasteiger partial charge in [-0.3, -0.25) is 14.6 Å². The summed E-state index contributed by atoms with van der Waals surface area (Å²) in [6.45, 7) is 7.62. The van der Waals surface area contributed by atoms with Crippen LogP contribution >= 0.6 is 0 Å². The van der Waals surface area contributed by atoms with Crippen LogP contribution in [0.1, 0.15) is 70.4 Å². The molecule has 0 heterocycles. The zero-order valence-electron chi connectivity index (χ0n) is 22.5. The number of nitrogens with one attached hydrogen (secondary N) is 1. The van der Waals surface area contributed by atoms with Crippen LogP contribution < -0.4 is 5.32 Å². The van der Waals surface area contributed by atoms with E-state index in [0.717, 1.165) is 22.3 Å². The van der Waals surface area contributed by atoms with Gasteiger partial charge in [0.15, 0.2) is 11.6 Å². The van der Waals surface area contributed by atoms with E-state index in [1.165, 1.54) is 6.92 Å². The molecule has 1 atom stereocenters. The van der Waals surface area contributed by atoms with Crippen LogP contribution in [0.5, 0.6) is 0 Å². The molecule has 2 aromatic carbocycles. The number of benzene rings is 2. The minimum atomic E-state index is -0.689. The lowest BCUT2D eigenvalue weighted by atomic mass is 9.76. The fourth-order valence-corrected chi connectivity index (χ4v) is 5.48. The van der Waals surface area contributed by atoms with Crippen LogP contribution in [-0.2, 0) is 14.3 Å². The number of Topliss-reactive ketones (excluding diaryl/α,β-unsaturated/α-hetero) is 2. The van der Waals surface area contributed by atoms with Gasteiger partial charge in [-0.25, -0.2) is 4.79 Å². The highest BCUT2D eigenvalue weighted by atomic mass is 16.5. The summed E-state index contributed by atoms with van der Waals surface area (Å²) in [4.78, 5) is 41.8. The molecule has 200 valence electrons. The van der Waals surface area contributed by atoms with Crippen molar-refractivity contribution < 1.29 is 24.2 Å². The van der Waals surface area contributed by atoms with E-state index in [2.05, 4.69) is 34.6 Å². The second kappa shape index (κ2) is 11.3. The number of hydrogen-bond acceptors (Lipinski definition) is 6. The Balaban J connectivity index is 1.31. The van der Waals surface area contributed by atoms with Crippen molar-refractivity contribution in [1.82, 2.24) is 5.32 Å². The third kappa shape index (κ3) is 6.04. The monoisotopic (exact) mass is 516 g/mol. The Labute approximate surface area is 224 Å². The number of amides is 1. The Kier molecular flexibility index (Phi) is 8.14. The molecule has 0 fully saturated rings. The number of aliphatic hydroxyl groups excluding tert-OH is 1. The molecule has 0 radical (unpaired) electrons. The largest absolute Gasteiger partial charge is 0.511 e. The van der Waals surface area contributed by atoms with Crippen molar-refractivity contribution in [3.8, 4) is 11.1 Å². The SMILES string of the molecule is CC(=O)C(CCCN=C(C)C1=C(O)CC(C)(C)CC1=O)NC(=O)OCC1c2ccccc2-c2ccccc21. The summed E-state index contributed by atoms with van der Waals surface area (Å²) in [7, 11) is 0. The van der Waals surface area contributed by atoms with E-state index >= 15 is 0 Å². The van der Waals surface area contributed by atoms with Gasteiger partial charge in [-0.1, -0.05) is 62.4 Å². The first-order valence-electron chi connectivity index (χ1n) is 13.2. The van der Waals surface area contributed by atoms with Gasteiger partial charge in [-0.15, -0.1) is 0 Å². The van der Waals surface area contributed by atoms with Gasteiger partial charge in [0.2, 0.25) is 0 Å². The molecule has 2 aromatic rings. The molecule has 0 aromatic heterocycles. The van der Waals surface area contributed by atoms with E-state index in [-0.39, 0.29) is 35.3 Å². The topological polar surface area (TPSA) is 105 Å². The average Bonchev–Trinajstić information content (AvgIpc) is 3.17. The van der Waals surface area contributed by atoms with Crippen molar-refractivity contribution >= 4 is 23.4 Å². The molecule has 0 spiro atoms. The second-order valence-corrected chi connectivity index (χ2v) is 11.0. The first-order valence-corrected chi connectivity index (χ1v) is 13.2. The second-order valence-electron chi connectivity index (χ2n) is 11.0. The molecule has 7 nitrogen and oxygen atoms in total. The Morgan fingerprint density at radius 1 is 1.05 bits per heavy atom. The maximum atomic E-state index is 12.6. The first-order chi connectivity index (χ1) is 18.1. The third-order valence-corrected chi connectivity index (χ3v) is 7.34. The molecule has 0 bridgehead atoms. The number of hydrogen-bond donors (Lipinski definition) is 2. The molecule has 0 aliphatic heterocycles. The first kappa shape index (κ1) is 27.3. The Hall–Kier alpha value is -3.74. The van der Waals surface area contributed by atoms with Crippen LogP contribution in [0.25, 0.3) is 11.1 Å². The molecular formula is C31H36N2O5. The molecule has 1 amide bonds. The zero-order chi connectivity index (χ0) is 27.4. The van der Waals surface area contributed by atoms with Gasteiger partial charge < -0.3 is 15.2 Å². The number of nitrogens with zero attached hydrogens (tertiary/aromatic N) is 1. The molecule has 38 heavy (non-hydrogen) atoms. The number of fused-ring (bicyclic) bond motifs is 3. The van der Waals surface area contributed by atoms with Gasteiger partial charge in [-0.05, 0) is 54.4 Å². The van der Waals surface area contributed by atoms with Crippen molar-refractivity contribution in [1.29, 1.82) is 0 Å². The molecule has 0 saturated heterocycles. The molecular weight excluding hydrogens is 480 g/mol. The third-order valence-electron chi connectivity index (χ3n) is 7.34. The zero-order valence-corrected chi connectivity index (χ0v) is 22.5. The van der Waals surface area contributed by atoms with Gasteiger partial charge in [0.1, 0.15) is 12.4 Å². The maximum Gasteiger partial charge on any atom is 0.407 e. The van der Waals surface area contributed by atoms with E-state index in [9.17, 15) is 19.5 Å². The Morgan fingerprint density at radius 3 is 2.24 bits per heavy atom. The summed E-state index contributed by atoms with van der Waals surface area (Å²) >= 11 is 0. The summed E-state index contributed by atoms with van der Waals surface area (Å²) in [6.07, 6.45) is 1.10. The van der Waals surface area contributed by atoms with Crippen LogP contribution in [0.3, 0.4) is 0 Å². The maximum absolute atomic E-state index is 12.6. The van der Waals surface area contributed by atoms with Crippen molar-refractivity contribution in [2.24, 2.45) is 10.4 Å². The average molecular weight is 517 g/mol. The summed E-state index contributed by atoms with van der Waals surface area (Å²) in [5.74, 6) is -0.228. The van der Waals surface area contributed by atoms with Crippen LogP contribution in [-0.4, -0.2) is 47.7 Å². The number of carbonyl (C=O) groups is 3. The van der Waals surface area contributed by atoms with E-state index in [1.54, 1.807) is 6.92 Å². The van der Waals surface area contributed by atoms with Gasteiger partial charge in [0.25, 0.3) is 0 Å². The van der Waals surface area contributed by atoms with Crippen LogP contribution in [0.15, 0.2) is 64.9 Å². The summed E-state index contributed by atoms with van der Waals surface area (Å²) in [5, 5.41) is 13.1. The number of rotatable bonds is 9. The number of alkyl carbamates (subject to hydrolysis) is 1. The predicted octanol–water partition coefficient (Wildman–Crippen LogP) is 5.93. The van der Waals surface area contributed by atoms with Crippen LogP contribution in [0.4, 0.5) is 4.79 Å². The quantitative estimate of drug-likeness (QED) is 0.318. The lowest BCUT2D eigenvalue weighted by Gasteiger charge is -2.29. The van der Waals surface area contributed by atoms with Gasteiger partial charge in [-0.2, -0.15) is 0 Å². The summed E-state index contributed by atoms with van der Waals surface area (Å²) in [5.41, 5.74) is 5.11. The highest BCUT2D eigenvalue weighted by Gasteiger charge is 2.34. The molecule has 2 aliphatic rings. The minimum Gasteiger partial charge on any atom is -0.511 e. The van der Waals surface area contributed by atoms with Crippen LogP contribution in [0.2, 0.25) is 0 Å². The predicted molar refractivity (Wildman–Crippen MR) is 148 cm³/mol. The molecule has 7 heteroatoms. The molecule has 2 N–H and O–H groups in total. The van der Waals surface area contributed by atoms with Crippen molar-refractivity contribution in [3.63, 3.8) is 0 Å². The van der Waals surface area contributed by atoms with Crippen molar-refractivity contribution in [2.75, 3.05) is 13.2 Å². The number of aliphatic hydroxyl groups is 1. The number of ether oxygens (including phenoxy) is 1. The van der Waals surface area contributed by atoms with Gasteiger partial charge >= 0.3 is 6.09 Å².